The molecule has 1 aromatic carbocycles. The molecule has 1 aromatic rings. The average molecular weight is 291 g/mol. The Morgan fingerprint density at radius 1 is 1.24 bits per heavy atom. The summed E-state index contributed by atoms with van der Waals surface area (Å²) < 4.78 is 6.07. The highest BCUT2D eigenvalue weighted by molar-refractivity contribution is 5.41. The third-order valence-corrected chi connectivity index (χ3v) is 3.73. The van der Waals surface area contributed by atoms with E-state index in [0.29, 0.717) is 6.04 Å². The minimum absolute atomic E-state index is 0.124. The Balaban J connectivity index is 2.50. The molecule has 0 saturated heterocycles. The smallest absolute Gasteiger partial charge is 0.123 e. The molecule has 0 aliphatic carbocycles. The summed E-state index contributed by atoms with van der Waals surface area (Å²) in [5, 5.41) is 3.52. The lowest BCUT2D eigenvalue weighted by atomic mass is 9.86. The molecule has 1 N–H and O–H groups in total. The van der Waals surface area contributed by atoms with Gasteiger partial charge in [0.05, 0.1) is 6.61 Å². The van der Waals surface area contributed by atoms with E-state index in [2.05, 4.69) is 65.1 Å². The standard InChI is InChI=1S/C19H33NO/c1-7-12-20-16(3)9-8-13-21-18-14-15(2)10-11-17(18)19(4,5)6/h10-11,14,16,20H,7-9,12-13H2,1-6H3. The van der Waals surface area contributed by atoms with Gasteiger partial charge >= 0.3 is 0 Å². The van der Waals surface area contributed by atoms with Crippen LogP contribution in [0.15, 0.2) is 18.2 Å². The van der Waals surface area contributed by atoms with Gasteiger partial charge in [-0.05, 0) is 62.3 Å². The Hall–Kier alpha value is -1.02. The normalized spacial score (nSPS) is 13.2. The Kier molecular flexibility index (Phi) is 7.24. The fraction of sp³-hybridized carbons (Fsp3) is 0.684. The molecule has 0 aromatic heterocycles. The lowest BCUT2D eigenvalue weighted by Crippen LogP contribution is -2.27. The predicted octanol–water partition coefficient (Wildman–Crippen LogP) is 4.84. The highest BCUT2D eigenvalue weighted by atomic mass is 16.5. The largest absolute Gasteiger partial charge is 0.493 e. The molecule has 0 bridgehead atoms. The van der Waals surface area contributed by atoms with Gasteiger partial charge in [-0.1, -0.05) is 39.8 Å². The van der Waals surface area contributed by atoms with E-state index in [1.807, 2.05) is 0 Å². The van der Waals surface area contributed by atoms with Crippen LogP contribution in [0, 0.1) is 6.92 Å². The van der Waals surface area contributed by atoms with E-state index >= 15 is 0 Å². The van der Waals surface area contributed by atoms with Crippen LogP contribution in [0.4, 0.5) is 0 Å². The van der Waals surface area contributed by atoms with Crippen LogP contribution < -0.4 is 10.1 Å². The molecule has 21 heavy (non-hydrogen) atoms. The molecule has 0 saturated carbocycles. The fourth-order valence-electron chi connectivity index (χ4n) is 2.43. The van der Waals surface area contributed by atoms with E-state index in [9.17, 15) is 0 Å². The molecule has 0 radical (unpaired) electrons. The first kappa shape index (κ1) is 18.0. The summed E-state index contributed by atoms with van der Waals surface area (Å²) in [5.74, 6) is 1.05. The van der Waals surface area contributed by atoms with Gasteiger partial charge in [0.25, 0.3) is 0 Å². The molecule has 120 valence electrons. The zero-order valence-corrected chi connectivity index (χ0v) is 14.8. The summed E-state index contributed by atoms with van der Waals surface area (Å²) in [6, 6.07) is 7.12. The lowest BCUT2D eigenvalue weighted by Gasteiger charge is -2.23. The van der Waals surface area contributed by atoms with E-state index in [0.717, 1.165) is 31.7 Å². The van der Waals surface area contributed by atoms with Crippen molar-refractivity contribution in [2.24, 2.45) is 0 Å². The molecule has 0 fully saturated rings. The second kappa shape index (κ2) is 8.43. The zero-order chi connectivity index (χ0) is 15.9. The summed E-state index contributed by atoms with van der Waals surface area (Å²) in [6.07, 6.45) is 3.45. The van der Waals surface area contributed by atoms with Crippen molar-refractivity contribution in [1.82, 2.24) is 5.32 Å². The summed E-state index contributed by atoms with van der Waals surface area (Å²) >= 11 is 0. The fourth-order valence-corrected chi connectivity index (χ4v) is 2.43. The molecule has 2 heteroatoms. The number of benzene rings is 1. The van der Waals surface area contributed by atoms with Crippen molar-refractivity contribution in [3.63, 3.8) is 0 Å². The van der Waals surface area contributed by atoms with E-state index in [1.165, 1.54) is 17.5 Å². The Labute approximate surface area is 131 Å². The summed E-state index contributed by atoms with van der Waals surface area (Å²) in [7, 11) is 0. The van der Waals surface area contributed by atoms with E-state index in [1.54, 1.807) is 0 Å². The molecule has 0 spiro atoms. The highest BCUT2D eigenvalue weighted by Crippen LogP contribution is 2.32. The first-order valence-electron chi connectivity index (χ1n) is 8.32. The molecule has 0 aliphatic rings. The number of rotatable bonds is 8. The average Bonchev–Trinajstić information content (AvgIpc) is 2.40. The van der Waals surface area contributed by atoms with Crippen LogP contribution in [0.5, 0.6) is 5.75 Å². The van der Waals surface area contributed by atoms with E-state index < -0.39 is 0 Å². The third-order valence-electron chi connectivity index (χ3n) is 3.73. The van der Waals surface area contributed by atoms with Crippen molar-refractivity contribution in [1.29, 1.82) is 0 Å². The highest BCUT2D eigenvalue weighted by Gasteiger charge is 2.18. The molecule has 0 amide bonds. The first-order valence-corrected chi connectivity index (χ1v) is 8.32. The van der Waals surface area contributed by atoms with Gasteiger partial charge in [-0.25, -0.2) is 0 Å². The second-order valence-electron chi connectivity index (χ2n) is 7.10. The second-order valence-corrected chi connectivity index (χ2v) is 7.10. The molecule has 2 nitrogen and oxygen atoms in total. The van der Waals surface area contributed by atoms with Crippen molar-refractivity contribution < 1.29 is 4.74 Å². The van der Waals surface area contributed by atoms with E-state index in [4.69, 9.17) is 4.74 Å². The minimum atomic E-state index is 0.124. The van der Waals surface area contributed by atoms with Crippen LogP contribution in [-0.4, -0.2) is 19.2 Å². The maximum Gasteiger partial charge on any atom is 0.123 e. The van der Waals surface area contributed by atoms with Crippen molar-refractivity contribution in [3.8, 4) is 5.75 Å². The van der Waals surface area contributed by atoms with Crippen molar-refractivity contribution >= 4 is 0 Å². The maximum absolute atomic E-state index is 6.07. The lowest BCUT2D eigenvalue weighted by molar-refractivity contribution is 0.290. The molecule has 0 heterocycles. The van der Waals surface area contributed by atoms with Gasteiger partial charge in [0.2, 0.25) is 0 Å². The van der Waals surface area contributed by atoms with Crippen LogP contribution in [0.2, 0.25) is 0 Å². The minimum Gasteiger partial charge on any atom is -0.493 e. The first-order chi connectivity index (χ1) is 9.84. The van der Waals surface area contributed by atoms with Gasteiger partial charge in [-0.15, -0.1) is 0 Å². The number of hydrogen-bond acceptors (Lipinski definition) is 2. The van der Waals surface area contributed by atoms with Gasteiger partial charge in [-0.2, -0.15) is 0 Å². The van der Waals surface area contributed by atoms with Gasteiger partial charge in [0.15, 0.2) is 0 Å². The van der Waals surface area contributed by atoms with Crippen LogP contribution >= 0.6 is 0 Å². The Morgan fingerprint density at radius 3 is 2.57 bits per heavy atom. The monoisotopic (exact) mass is 291 g/mol. The molecular weight excluding hydrogens is 258 g/mol. The van der Waals surface area contributed by atoms with Gasteiger partial charge in [0, 0.05) is 6.04 Å². The number of aryl methyl sites for hydroxylation is 1. The maximum atomic E-state index is 6.07. The van der Waals surface area contributed by atoms with Crippen molar-refractivity contribution in [3.05, 3.63) is 29.3 Å². The summed E-state index contributed by atoms with van der Waals surface area (Å²) in [6.45, 7) is 15.2. The predicted molar refractivity (Wildman–Crippen MR) is 92.4 cm³/mol. The summed E-state index contributed by atoms with van der Waals surface area (Å²) in [4.78, 5) is 0. The van der Waals surface area contributed by atoms with Crippen molar-refractivity contribution in [2.45, 2.75) is 72.3 Å². The van der Waals surface area contributed by atoms with Crippen LogP contribution in [0.1, 0.15) is 65.0 Å². The number of ether oxygens (including phenoxy) is 1. The Morgan fingerprint density at radius 2 is 1.95 bits per heavy atom. The molecular formula is C19H33NO. The molecule has 1 atom stereocenters. The van der Waals surface area contributed by atoms with E-state index in [-0.39, 0.29) is 5.41 Å². The topological polar surface area (TPSA) is 21.3 Å². The molecule has 1 rings (SSSR count). The number of hydrogen-bond donors (Lipinski definition) is 1. The molecule has 1 unspecified atom stereocenters. The van der Waals surface area contributed by atoms with Crippen LogP contribution in [0.25, 0.3) is 0 Å². The molecule has 0 aliphatic heterocycles. The Bertz CT molecular complexity index is 420. The number of nitrogens with one attached hydrogen (secondary N) is 1. The van der Waals surface area contributed by atoms with Crippen LogP contribution in [-0.2, 0) is 5.41 Å². The van der Waals surface area contributed by atoms with Crippen molar-refractivity contribution in [2.75, 3.05) is 13.2 Å². The summed E-state index contributed by atoms with van der Waals surface area (Å²) in [5.41, 5.74) is 2.68. The quantitative estimate of drug-likeness (QED) is 0.692. The SMILES string of the molecule is CCCNC(C)CCCOc1cc(C)ccc1C(C)(C)C. The van der Waals surface area contributed by atoms with Gasteiger partial charge < -0.3 is 10.1 Å². The third kappa shape index (κ3) is 6.52. The zero-order valence-electron chi connectivity index (χ0n) is 14.8. The van der Waals surface area contributed by atoms with Crippen LogP contribution in [0.3, 0.4) is 0 Å². The van der Waals surface area contributed by atoms with Gasteiger partial charge in [0.1, 0.15) is 5.75 Å². The van der Waals surface area contributed by atoms with Gasteiger partial charge in [-0.3, -0.25) is 0 Å².